The van der Waals surface area contributed by atoms with E-state index in [1.165, 1.54) is 20.3 Å². The van der Waals surface area contributed by atoms with Crippen LogP contribution in [-0.4, -0.2) is 63.6 Å². The van der Waals surface area contributed by atoms with Crippen LogP contribution in [0, 0.1) is 31.9 Å². The number of aromatic nitrogens is 8. The average molecular weight is 839 g/mol. The molecule has 0 saturated carbocycles. The monoisotopic (exact) mass is 838 g/mol. The first-order chi connectivity index (χ1) is 28.8. The van der Waals surface area contributed by atoms with E-state index < -0.39 is 33.7 Å². The molecular weight excluding hydrogens is 806 g/mol. The largest absolute Gasteiger partial charge is 0.494 e. The molecule has 60 heavy (non-hydrogen) atoms. The van der Waals surface area contributed by atoms with Crippen molar-refractivity contribution in [3.63, 3.8) is 0 Å². The highest BCUT2D eigenvalue weighted by atomic mass is 35.5. The number of benzene rings is 4. The van der Waals surface area contributed by atoms with Gasteiger partial charge in [-0.05, 0) is 41.9 Å². The van der Waals surface area contributed by atoms with E-state index >= 15 is 0 Å². The summed E-state index contributed by atoms with van der Waals surface area (Å²) in [6.07, 6.45) is 3.17. The fraction of sp³-hybridized carbons (Fsp3) is 0.128. The van der Waals surface area contributed by atoms with Crippen LogP contribution in [0.3, 0.4) is 0 Å². The Morgan fingerprint density at radius 3 is 1.87 bits per heavy atom. The third-order valence-corrected chi connectivity index (χ3v) is 8.88. The molecule has 18 nitrogen and oxygen atoms in total. The van der Waals surface area contributed by atoms with Crippen LogP contribution in [0.5, 0.6) is 11.5 Å². The molecule has 0 aliphatic rings. The van der Waals surface area contributed by atoms with Crippen LogP contribution in [0.2, 0.25) is 5.28 Å². The van der Waals surface area contributed by atoms with Crippen LogP contribution >= 0.6 is 11.6 Å². The third-order valence-electron chi connectivity index (χ3n) is 8.69. The van der Waals surface area contributed by atoms with E-state index in [4.69, 9.17) is 26.8 Å². The van der Waals surface area contributed by atoms with Crippen molar-refractivity contribution in [3.05, 3.63) is 140 Å². The smallest absolute Gasteiger partial charge is 0.307 e. The van der Waals surface area contributed by atoms with E-state index in [-0.39, 0.29) is 39.7 Å². The molecule has 8 rings (SSSR count). The second kappa shape index (κ2) is 18.2. The summed E-state index contributed by atoms with van der Waals surface area (Å²) in [4.78, 5) is 36.4. The van der Waals surface area contributed by atoms with Crippen LogP contribution in [0.1, 0.15) is 5.56 Å². The van der Waals surface area contributed by atoms with Crippen LogP contribution in [0.4, 0.5) is 31.8 Å². The van der Waals surface area contributed by atoms with E-state index in [1.807, 2.05) is 67.3 Å². The van der Waals surface area contributed by atoms with Crippen molar-refractivity contribution in [1.82, 2.24) is 39.5 Å². The Morgan fingerprint density at radius 1 is 0.767 bits per heavy atom. The molecule has 0 spiro atoms. The van der Waals surface area contributed by atoms with E-state index in [1.54, 1.807) is 29.2 Å². The van der Waals surface area contributed by atoms with Gasteiger partial charge in [0, 0.05) is 60.4 Å². The first-order valence-electron chi connectivity index (χ1n) is 17.5. The van der Waals surface area contributed by atoms with Crippen molar-refractivity contribution in [2.45, 2.75) is 6.54 Å². The zero-order chi connectivity index (χ0) is 43.1. The lowest BCUT2D eigenvalue weighted by molar-refractivity contribution is -0.497. The number of nitrogen functional groups attached to an aromatic ring is 1. The Morgan fingerprint density at radius 2 is 1.32 bits per heavy atom. The molecule has 306 valence electrons. The summed E-state index contributed by atoms with van der Waals surface area (Å²) in [7, 11) is 6.44. The molecule has 0 saturated heterocycles. The lowest BCUT2D eigenvalue weighted by Gasteiger charge is -2.10. The zero-order valence-corrected chi connectivity index (χ0v) is 32.8. The summed E-state index contributed by atoms with van der Waals surface area (Å²) in [6.45, 7) is -0.583. The van der Waals surface area contributed by atoms with E-state index in [9.17, 15) is 29.0 Å². The highest BCUT2D eigenvalue weighted by molar-refractivity contribution is 6.28. The molecule has 8 aromatic rings. The van der Waals surface area contributed by atoms with Crippen molar-refractivity contribution in [2.24, 2.45) is 14.1 Å². The minimum Gasteiger partial charge on any atom is -0.494 e. The predicted molar refractivity (Wildman–Crippen MR) is 219 cm³/mol. The van der Waals surface area contributed by atoms with Gasteiger partial charge in [-0.25, -0.2) is 24.3 Å². The molecule has 4 aromatic carbocycles. The highest BCUT2D eigenvalue weighted by Gasteiger charge is 2.20. The van der Waals surface area contributed by atoms with Crippen LogP contribution in [0.25, 0.3) is 44.6 Å². The second-order valence-corrected chi connectivity index (χ2v) is 12.9. The number of anilines is 3. The van der Waals surface area contributed by atoms with Gasteiger partial charge in [0.1, 0.15) is 28.7 Å². The van der Waals surface area contributed by atoms with Gasteiger partial charge in [0.2, 0.25) is 23.6 Å². The summed E-state index contributed by atoms with van der Waals surface area (Å²) in [6, 6.07) is 23.5. The van der Waals surface area contributed by atoms with Gasteiger partial charge in [0.15, 0.2) is 0 Å². The summed E-state index contributed by atoms with van der Waals surface area (Å²) in [5, 5.41) is 35.3. The lowest BCUT2D eigenvalue weighted by Crippen LogP contribution is -2.03. The van der Waals surface area contributed by atoms with Crippen LogP contribution in [-0.2, 0) is 20.6 Å². The topological polar surface area (TPSA) is 230 Å². The number of halogens is 3. The van der Waals surface area contributed by atoms with Gasteiger partial charge >= 0.3 is 5.69 Å². The molecule has 0 atom stereocenters. The third kappa shape index (κ3) is 9.29. The molecule has 0 fully saturated rings. The summed E-state index contributed by atoms with van der Waals surface area (Å²) < 4.78 is 40.4. The van der Waals surface area contributed by atoms with Crippen molar-refractivity contribution < 1.29 is 28.1 Å². The van der Waals surface area contributed by atoms with Gasteiger partial charge in [-0.3, -0.25) is 29.6 Å². The number of methoxy groups -OCH3 is 2. The van der Waals surface area contributed by atoms with Gasteiger partial charge < -0.3 is 20.5 Å². The number of nitro benzene ring substituents is 1. The molecule has 4 aromatic heterocycles. The Balaban J connectivity index is 0.000000165. The molecule has 21 heteroatoms. The van der Waals surface area contributed by atoms with Crippen molar-refractivity contribution in [2.75, 3.05) is 25.3 Å². The number of hydrogen-bond acceptors (Lipinski definition) is 14. The van der Waals surface area contributed by atoms with Crippen molar-refractivity contribution in [1.29, 1.82) is 0 Å². The van der Waals surface area contributed by atoms with E-state index in [0.29, 0.717) is 11.4 Å². The number of hydrogen-bond donors (Lipinski definition) is 2. The maximum absolute atomic E-state index is 13.9. The predicted octanol–water partition coefficient (Wildman–Crippen LogP) is 7.71. The molecule has 0 amide bonds. The number of nitrogens with one attached hydrogen (secondary N) is 1. The summed E-state index contributed by atoms with van der Waals surface area (Å²) in [5.41, 5.74) is 9.91. The molecule has 0 radical (unpaired) electrons. The fourth-order valence-corrected chi connectivity index (χ4v) is 6.10. The normalized spacial score (nSPS) is 10.7. The molecule has 0 unspecified atom stereocenters. The maximum atomic E-state index is 13.9. The molecule has 4 heterocycles. The highest BCUT2D eigenvalue weighted by Crippen LogP contribution is 2.34. The number of nitro groups is 2. The average Bonchev–Trinajstić information content (AvgIpc) is 3.76. The summed E-state index contributed by atoms with van der Waals surface area (Å²) in [5.74, 6) is -1.25. The van der Waals surface area contributed by atoms with Crippen LogP contribution < -0.4 is 20.5 Å². The zero-order valence-electron chi connectivity index (χ0n) is 32.1. The lowest BCUT2D eigenvalue weighted by atomic mass is 10.1. The minimum atomic E-state index is -0.993. The quantitative estimate of drug-likeness (QED) is 0.0614. The number of para-hydroxylation sites is 2. The number of nitrogens with zero attached hydrogens (tertiary/aromatic N) is 10. The molecule has 0 aliphatic heterocycles. The maximum Gasteiger partial charge on any atom is 0.307 e. The van der Waals surface area contributed by atoms with E-state index in [2.05, 4.69) is 35.5 Å². The molecular formula is C39H33ClF2N12O6. The molecule has 3 N–H and O–H groups in total. The van der Waals surface area contributed by atoms with Gasteiger partial charge in [0.05, 0.1) is 58.5 Å². The minimum absolute atomic E-state index is 0.0479. The first kappa shape index (κ1) is 41.8. The van der Waals surface area contributed by atoms with Crippen molar-refractivity contribution >= 4 is 56.4 Å². The molecule has 0 bridgehead atoms. The van der Waals surface area contributed by atoms with Gasteiger partial charge in [-0.15, -0.1) is 0 Å². The standard InChI is InChI=1S/C19H15FN6O3.C12H9ClN4.C8H9FN2O3/c1-25-15-6-4-3-5-11(15)18(24-25)13-7-8-21-19(22-13)23-14-10-16(26(27)28)12(20)9-17(14)29-2;1-17-10-5-3-2-4-8(10)11(16-17)9-6-7-14-12(13)15-9;1-14-8-3-6(9)5(2-7(8)10)4-11(12)13/h3-10H,1-2H3,(H,21,22,23);2-7H,1H3;2-3H,4,10H2,1H3. The van der Waals surface area contributed by atoms with E-state index in [0.717, 1.165) is 51.4 Å². The fourth-order valence-electron chi connectivity index (χ4n) is 5.95. The Labute approximate surface area is 343 Å². The number of nitrogens with two attached hydrogens (primary N) is 1. The number of aryl methyl sites for hydroxylation is 2. The SMILES string of the molecule is COc1cc(F)c(C[N+](=O)[O-])cc1N.COc1cc(F)c([N+](=O)[O-])cc1Nc1nccc(-c2nn(C)c3ccccc23)n1.Cn1nc(-c2ccnc(Cl)n2)c2ccccc21. The van der Waals surface area contributed by atoms with Crippen molar-refractivity contribution in [3.8, 4) is 34.3 Å². The Kier molecular flexibility index (Phi) is 12.6. The van der Waals surface area contributed by atoms with Gasteiger partial charge in [-0.1, -0.05) is 36.4 Å². The van der Waals surface area contributed by atoms with Crippen LogP contribution in [0.15, 0.2) is 97.3 Å². The van der Waals surface area contributed by atoms with Gasteiger partial charge in [0.25, 0.3) is 0 Å². The summed E-state index contributed by atoms with van der Waals surface area (Å²) >= 11 is 5.80. The van der Waals surface area contributed by atoms with Gasteiger partial charge in [-0.2, -0.15) is 14.6 Å². The Bertz CT molecular complexity index is 2870. The number of ether oxygens (including phenoxy) is 2. The number of fused-ring (bicyclic) bond motifs is 2. The number of rotatable bonds is 9. The second-order valence-electron chi connectivity index (χ2n) is 12.5. The Hall–Kier alpha value is -7.87. The first-order valence-corrected chi connectivity index (χ1v) is 17.8. The molecule has 0 aliphatic carbocycles.